The van der Waals surface area contributed by atoms with Gasteiger partial charge in [0.1, 0.15) is 0 Å². The number of ether oxygens (including phenoxy) is 1. The van der Waals surface area contributed by atoms with Crippen molar-refractivity contribution in [3.05, 3.63) is 24.0 Å². The Kier molecular flexibility index (Phi) is 3.49. The van der Waals surface area contributed by atoms with Gasteiger partial charge in [0.2, 0.25) is 5.91 Å². The molecule has 0 atom stereocenters. The molecule has 1 aromatic carbocycles. The highest BCUT2D eigenvalue weighted by Crippen LogP contribution is 2.21. The minimum absolute atomic E-state index is 0.130. The zero-order valence-electron chi connectivity index (χ0n) is 9.50. The zero-order chi connectivity index (χ0) is 12.3. The average molecular weight is 226 g/mol. The third kappa shape index (κ3) is 2.93. The Labute approximate surface area is 93.6 Å². The molecule has 1 rings (SSSR count). The van der Waals surface area contributed by atoms with Crippen molar-refractivity contribution in [2.45, 2.75) is 19.4 Å². The molecule has 0 saturated heterocycles. The van der Waals surface area contributed by atoms with E-state index in [1.54, 1.807) is 19.9 Å². The van der Waals surface area contributed by atoms with Crippen LogP contribution in [0, 0.1) is 5.82 Å². The molecule has 0 radical (unpaired) electrons. The van der Waals surface area contributed by atoms with Gasteiger partial charge in [0.15, 0.2) is 11.6 Å². The first-order chi connectivity index (χ1) is 7.34. The highest BCUT2D eigenvalue weighted by atomic mass is 19.1. The van der Waals surface area contributed by atoms with Crippen LogP contribution in [0.2, 0.25) is 0 Å². The van der Waals surface area contributed by atoms with Crippen LogP contribution in [-0.4, -0.2) is 18.6 Å². The predicted molar refractivity (Wildman–Crippen MR) is 59.8 cm³/mol. The first-order valence-corrected chi connectivity index (χ1v) is 4.78. The van der Waals surface area contributed by atoms with Gasteiger partial charge in [-0.1, -0.05) is 0 Å². The summed E-state index contributed by atoms with van der Waals surface area (Å²) in [5.74, 6) is -0.780. The van der Waals surface area contributed by atoms with Crippen molar-refractivity contribution in [1.82, 2.24) is 0 Å². The van der Waals surface area contributed by atoms with Crippen molar-refractivity contribution in [3.63, 3.8) is 0 Å². The lowest BCUT2D eigenvalue weighted by atomic mass is 10.1. The van der Waals surface area contributed by atoms with Gasteiger partial charge in [-0.3, -0.25) is 4.79 Å². The summed E-state index contributed by atoms with van der Waals surface area (Å²) < 4.78 is 18.0. The summed E-state index contributed by atoms with van der Waals surface area (Å²) in [5.41, 5.74) is 4.94. The number of carbonyl (C=O) groups is 1. The van der Waals surface area contributed by atoms with E-state index >= 15 is 0 Å². The van der Waals surface area contributed by atoms with Gasteiger partial charge in [0.25, 0.3) is 0 Å². The number of nitrogens with one attached hydrogen (secondary N) is 1. The smallest absolute Gasteiger partial charge is 0.243 e. The van der Waals surface area contributed by atoms with E-state index in [4.69, 9.17) is 10.5 Å². The molecule has 0 heterocycles. The molecule has 0 aliphatic rings. The highest BCUT2D eigenvalue weighted by Gasteiger charge is 2.22. The van der Waals surface area contributed by atoms with Gasteiger partial charge in [-0.05, 0) is 26.0 Å². The van der Waals surface area contributed by atoms with Crippen molar-refractivity contribution in [2.75, 3.05) is 12.4 Å². The van der Waals surface area contributed by atoms with Gasteiger partial charge < -0.3 is 15.8 Å². The molecule has 1 amide bonds. The fraction of sp³-hybridized carbons (Fsp3) is 0.364. The lowest BCUT2D eigenvalue weighted by Gasteiger charge is -2.17. The van der Waals surface area contributed by atoms with Crippen molar-refractivity contribution in [1.29, 1.82) is 0 Å². The number of anilines is 1. The number of carbonyl (C=O) groups excluding carboxylic acids is 1. The van der Waals surface area contributed by atoms with Gasteiger partial charge in [-0.15, -0.1) is 0 Å². The molecule has 0 unspecified atom stereocenters. The molecule has 0 spiro atoms. The Hall–Kier alpha value is -1.62. The molecule has 0 aliphatic carbocycles. The molecule has 0 aliphatic heterocycles. The number of methoxy groups -OCH3 is 1. The maximum absolute atomic E-state index is 13.3. The molecule has 3 N–H and O–H groups in total. The summed E-state index contributed by atoms with van der Waals surface area (Å²) in [7, 11) is 1.37. The van der Waals surface area contributed by atoms with Crippen molar-refractivity contribution >= 4 is 11.6 Å². The fourth-order valence-electron chi connectivity index (χ4n) is 1.04. The quantitative estimate of drug-likeness (QED) is 0.821. The second-order valence-electron chi connectivity index (χ2n) is 4.03. The fourth-order valence-corrected chi connectivity index (χ4v) is 1.04. The molecule has 16 heavy (non-hydrogen) atoms. The first kappa shape index (κ1) is 12.4. The number of benzene rings is 1. The summed E-state index contributed by atoms with van der Waals surface area (Å²) in [5, 5.41) is 2.51. The maximum Gasteiger partial charge on any atom is 0.243 e. The number of nitrogens with two attached hydrogens (primary N) is 1. The molecule has 4 nitrogen and oxygen atoms in total. The van der Waals surface area contributed by atoms with Crippen LogP contribution in [0.25, 0.3) is 0 Å². The Morgan fingerprint density at radius 2 is 2.12 bits per heavy atom. The number of hydrogen-bond donors (Lipinski definition) is 2. The number of rotatable bonds is 3. The number of hydrogen-bond acceptors (Lipinski definition) is 3. The molecule has 0 saturated carbocycles. The van der Waals surface area contributed by atoms with Crippen LogP contribution in [0.5, 0.6) is 5.75 Å². The molecule has 1 aromatic rings. The molecule has 5 heteroatoms. The molecule has 0 fully saturated rings. The van der Waals surface area contributed by atoms with Crippen molar-refractivity contribution < 1.29 is 13.9 Å². The van der Waals surface area contributed by atoms with E-state index in [9.17, 15) is 9.18 Å². The Morgan fingerprint density at radius 3 is 2.56 bits per heavy atom. The number of amides is 1. The first-order valence-electron chi connectivity index (χ1n) is 4.78. The van der Waals surface area contributed by atoms with Crippen LogP contribution in [0.1, 0.15) is 13.8 Å². The molecule has 0 aromatic heterocycles. The van der Waals surface area contributed by atoms with Crippen LogP contribution in [0.4, 0.5) is 10.1 Å². The summed E-state index contributed by atoms with van der Waals surface area (Å²) in [6.07, 6.45) is 0. The van der Waals surface area contributed by atoms with E-state index in [0.717, 1.165) is 0 Å². The summed E-state index contributed by atoms with van der Waals surface area (Å²) in [4.78, 5) is 11.5. The minimum Gasteiger partial charge on any atom is -0.494 e. The van der Waals surface area contributed by atoms with Crippen molar-refractivity contribution in [2.24, 2.45) is 5.73 Å². The van der Waals surface area contributed by atoms with E-state index in [1.165, 1.54) is 19.2 Å². The summed E-state index contributed by atoms with van der Waals surface area (Å²) in [6.45, 7) is 3.14. The Balaban J connectivity index is 2.84. The van der Waals surface area contributed by atoms with Crippen molar-refractivity contribution in [3.8, 4) is 5.75 Å². The normalized spacial score (nSPS) is 11.1. The van der Waals surface area contributed by atoms with Crippen LogP contribution in [-0.2, 0) is 4.79 Å². The monoisotopic (exact) mass is 226 g/mol. The maximum atomic E-state index is 13.3. The topological polar surface area (TPSA) is 64.3 Å². The van der Waals surface area contributed by atoms with Crippen LogP contribution >= 0.6 is 0 Å². The Morgan fingerprint density at radius 1 is 1.50 bits per heavy atom. The van der Waals surface area contributed by atoms with E-state index in [-0.39, 0.29) is 11.7 Å². The second-order valence-corrected chi connectivity index (χ2v) is 4.03. The standard InChI is InChI=1S/C11H15FN2O2/c1-11(2,13)10(15)14-7-4-5-9(16-3)8(12)6-7/h4-6H,13H2,1-3H3,(H,14,15). The van der Waals surface area contributed by atoms with E-state index in [2.05, 4.69) is 5.32 Å². The zero-order valence-corrected chi connectivity index (χ0v) is 9.50. The lowest BCUT2D eigenvalue weighted by Crippen LogP contribution is -2.45. The molecule has 0 bridgehead atoms. The van der Waals surface area contributed by atoms with Crippen LogP contribution < -0.4 is 15.8 Å². The second kappa shape index (κ2) is 4.49. The largest absolute Gasteiger partial charge is 0.494 e. The van der Waals surface area contributed by atoms with Crippen LogP contribution in [0.15, 0.2) is 18.2 Å². The van der Waals surface area contributed by atoms with Crippen LogP contribution in [0.3, 0.4) is 0 Å². The molecular weight excluding hydrogens is 211 g/mol. The van der Waals surface area contributed by atoms with E-state index in [0.29, 0.717) is 5.69 Å². The van der Waals surface area contributed by atoms with Gasteiger partial charge in [0.05, 0.1) is 12.6 Å². The predicted octanol–water partition coefficient (Wildman–Crippen LogP) is 1.51. The molecule has 88 valence electrons. The third-order valence-electron chi connectivity index (χ3n) is 1.99. The summed E-state index contributed by atoms with van der Waals surface area (Å²) in [6, 6.07) is 4.17. The van der Waals surface area contributed by atoms with Gasteiger partial charge in [0, 0.05) is 11.8 Å². The Bertz CT molecular complexity index is 399. The lowest BCUT2D eigenvalue weighted by molar-refractivity contribution is -0.120. The third-order valence-corrected chi connectivity index (χ3v) is 1.99. The van der Waals surface area contributed by atoms with E-state index < -0.39 is 11.4 Å². The highest BCUT2D eigenvalue weighted by molar-refractivity contribution is 5.97. The van der Waals surface area contributed by atoms with Gasteiger partial charge in [-0.2, -0.15) is 0 Å². The van der Waals surface area contributed by atoms with Gasteiger partial charge in [-0.25, -0.2) is 4.39 Å². The SMILES string of the molecule is COc1ccc(NC(=O)C(C)(C)N)cc1F. The number of halogens is 1. The summed E-state index contributed by atoms with van der Waals surface area (Å²) >= 11 is 0. The molecular formula is C11H15FN2O2. The average Bonchev–Trinajstić information content (AvgIpc) is 2.16. The van der Waals surface area contributed by atoms with Gasteiger partial charge >= 0.3 is 0 Å². The minimum atomic E-state index is -1.00. The van der Waals surface area contributed by atoms with E-state index in [1.807, 2.05) is 0 Å².